The minimum Gasteiger partial charge on any atom is -0.740 e. The fourth-order valence-corrected chi connectivity index (χ4v) is 1.27. The Hall–Kier alpha value is -1.27. The number of para-hydroxylation sites is 1. The standard InChI is InChI=1S/C8H10O5S/c1-11-6-4-3-5-7(8(6)12-2)13-14(9)10/h3-5H,1-2H3,(H,9,10)/p-1. The molecule has 0 fully saturated rings. The molecule has 0 radical (unpaired) electrons. The summed E-state index contributed by atoms with van der Waals surface area (Å²) in [4.78, 5) is 0. The first kappa shape index (κ1) is 10.8. The second-order valence-corrected chi connectivity index (χ2v) is 2.85. The summed E-state index contributed by atoms with van der Waals surface area (Å²) in [6.45, 7) is 0. The lowest BCUT2D eigenvalue weighted by atomic mass is 10.3. The summed E-state index contributed by atoms with van der Waals surface area (Å²) in [6.07, 6.45) is 0. The van der Waals surface area contributed by atoms with E-state index in [0.717, 1.165) is 0 Å². The maximum atomic E-state index is 10.3. The van der Waals surface area contributed by atoms with Crippen LogP contribution in [0, 0.1) is 0 Å². The van der Waals surface area contributed by atoms with Crippen molar-refractivity contribution >= 4 is 11.4 Å². The summed E-state index contributed by atoms with van der Waals surface area (Å²) >= 11 is -2.62. The van der Waals surface area contributed by atoms with Crippen molar-refractivity contribution in [2.45, 2.75) is 0 Å². The summed E-state index contributed by atoms with van der Waals surface area (Å²) < 4.78 is 35.0. The van der Waals surface area contributed by atoms with Gasteiger partial charge in [-0.2, -0.15) is 0 Å². The van der Waals surface area contributed by atoms with E-state index in [-0.39, 0.29) is 11.5 Å². The van der Waals surface area contributed by atoms with E-state index in [1.807, 2.05) is 0 Å². The van der Waals surface area contributed by atoms with E-state index in [1.54, 1.807) is 12.1 Å². The van der Waals surface area contributed by atoms with Crippen molar-refractivity contribution in [3.63, 3.8) is 0 Å². The van der Waals surface area contributed by atoms with Gasteiger partial charge in [-0.05, 0) is 12.1 Å². The van der Waals surface area contributed by atoms with E-state index in [0.29, 0.717) is 5.75 Å². The molecular formula is C8H9O5S-. The molecule has 14 heavy (non-hydrogen) atoms. The molecule has 78 valence electrons. The Bertz CT molecular complexity index is 339. The van der Waals surface area contributed by atoms with Gasteiger partial charge in [-0.25, -0.2) is 4.21 Å². The van der Waals surface area contributed by atoms with Gasteiger partial charge in [-0.3, -0.25) is 0 Å². The highest BCUT2D eigenvalue weighted by Crippen LogP contribution is 2.36. The van der Waals surface area contributed by atoms with E-state index >= 15 is 0 Å². The third-order valence-electron chi connectivity index (χ3n) is 1.52. The fraction of sp³-hybridized carbons (Fsp3) is 0.250. The quantitative estimate of drug-likeness (QED) is 0.700. The summed E-state index contributed by atoms with van der Waals surface area (Å²) in [6, 6.07) is 4.71. The van der Waals surface area contributed by atoms with Crippen LogP contribution in [0.15, 0.2) is 18.2 Å². The summed E-state index contributed by atoms with van der Waals surface area (Å²) in [7, 11) is 2.86. The summed E-state index contributed by atoms with van der Waals surface area (Å²) in [5, 5.41) is 0. The van der Waals surface area contributed by atoms with Gasteiger partial charge in [0.15, 0.2) is 11.5 Å². The number of ether oxygens (including phenoxy) is 2. The predicted octanol–water partition coefficient (Wildman–Crippen LogP) is 0.877. The molecule has 0 amide bonds. The molecule has 1 atom stereocenters. The van der Waals surface area contributed by atoms with Gasteiger partial charge in [0.1, 0.15) is 11.4 Å². The van der Waals surface area contributed by atoms with Crippen molar-refractivity contribution in [3.05, 3.63) is 18.2 Å². The van der Waals surface area contributed by atoms with Crippen LogP contribution < -0.4 is 13.7 Å². The Kier molecular flexibility index (Phi) is 3.73. The lowest BCUT2D eigenvalue weighted by Crippen LogP contribution is -2.00. The molecule has 0 N–H and O–H groups in total. The smallest absolute Gasteiger partial charge is 0.204 e. The summed E-state index contributed by atoms with van der Waals surface area (Å²) in [5.74, 6) is 0.759. The molecule has 1 rings (SSSR count). The van der Waals surface area contributed by atoms with Crippen molar-refractivity contribution < 1.29 is 22.4 Å². The Balaban J connectivity index is 3.08. The molecule has 0 saturated carbocycles. The number of hydrogen-bond donors (Lipinski definition) is 0. The van der Waals surface area contributed by atoms with Crippen LogP contribution in [0.2, 0.25) is 0 Å². The molecule has 0 aliphatic heterocycles. The molecular weight excluding hydrogens is 208 g/mol. The molecule has 0 heterocycles. The topological polar surface area (TPSA) is 67.8 Å². The Labute approximate surface area is 84.1 Å². The van der Waals surface area contributed by atoms with Gasteiger partial charge >= 0.3 is 0 Å². The van der Waals surface area contributed by atoms with Crippen LogP contribution in [0.25, 0.3) is 0 Å². The first-order chi connectivity index (χ1) is 6.69. The van der Waals surface area contributed by atoms with Gasteiger partial charge in [0.05, 0.1) is 14.2 Å². The lowest BCUT2D eigenvalue weighted by Gasteiger charge is -2.13. The molecule has 0 aliphatic carbocycles. The van der Waals surface area contributed by atoms with Gasteiger partial charge in [-0.1, -0.05) is 6.07 Å². The zero-order chi connectivity index (χ0) is 10.6. The molecule has 1 aromatic carbocycles. The highest BCUT2D eigenvalue weighted by molar-refractivity contribution is 7.74. The second-order valence-electron chi connectivity index (χ2n) is 2.28. The Morgan fingerprint density at radius 2 is 1.86 bits per heavy atom. The SMILES string of the molecule is COc1cccc(OS(=O)[O-])c1OC. The minimum absolute atomic E-state index is 0.0974. The normalized spacial score (nSPS) is 11.9. The largest absolute Gasteiger partial charge is 0.740 e. The molecule has 0 aromatic heterocycles. The molecule has 0 spiro atoms. The van der Waals surface area contributed by atoms with Crippen LogP contribution >= 0.6 is 0 Å². The highest BCUT2D eigenvalue weighted by atomic mass is 32.2. The Morgan fingerprint density at radius 1 is 1.21 bits per heavy atom. The first-order valence-electron chi connectivity index (χ1n) is 3.67. The first-order valence-corrected chi connectivity index (χ1v) is 4.67. The van der Waals surface area contributed by atoms with E-state index in [9.17, 15) is 8.76 Å². The zero-order valence-corrected chi connectivity index (χ0v) is 8.50. The van der Waals surface area contributed by atoms with Gasteiger partial charge in [0.2, 0.25) is 5.75 Å². The molecule has 6 heteroatoms. The third kappa shape index (κ3) is 2.36. The van der Waals surface area contributed by atoms with Crippen molar-refractivity contribution in [2.24, 2.45) is 0 Å². The van der Waals surface area contributed by atoms with E-state index in [1.165, 1.54) is 20.3 Å². The molecule has 0 bridgehead atoms. The molecule has 0 aliphatic rings. The lowest BCUT2D eigenvalue weighted by molar-refractivity contribution is 0.340. The average molecular weight is 217 g/mol. The van der Waals surface area contributed by atoms with Gasteiger partial charge < -0.3 is 18.2 Å². The van der Waals surface area contributed by atoms with Gasteiger partial charge in [0.25, 0.3) is 0 Å². The van der Waals surface area contributed by atoms with Crippen LogP contribution in [0.5, 0.6) is 17.2 Å². The second kappa shape index (κ2) is 4.83. The van der Waals surface area contributed by atoms with Crippen molar-refractivity contribution in [1.29, 1.82) is 0 Å². The number of methoxy groups -OCH3 is 2. The third-order valence-corrected chi connectivity index (χ3v) is 1.84. The average Bonchev–Trinajstić information content (AvgIpc) is 2.16. The van der Waals surface area contributed by atoms with Crippen molar-refractivity contribution in [1.82, 2.24) is 0 Å². The zero-order valence-electron chi connectivity index (χ0n) is 7.68. The fourth-order valence-electron chi connectivity index (χ4n) is 0.997. The summed E-state index contributed by atoms with van der Waals surface area (Å²) in [5.41, 5.74) is 0. The molecule has 0 saturated heterocycles. The maximum absolute atomic E-state index is 10.3. The van der Waals surface area contributed by atoms with Crippen LogP contribution in [0.4, 0.5) is 0 Å². The highest BCUT2D eigenvalue weighted by Gasteiger charge is 2.10. The van der Waals surface area contributed by atoms with Crippen LogP contribution in [0.1, 0.15) is 0 Å². The molecule has 1 aromatic rings. The van der Waals surface area contributed by atoms with Gasteiger partial charge in [0, 0.05) is 0 Å². The van der Waals surface area contributed by atoms with Crippen molar-refractivity contribution in [2.75, 3.05) is 14.2 Å². The predicted molar refractivity (Wildman–Crippen MR) is 49.1 cm³/mol. The van der Waals surface area contributed by atoms with Crippen molar-refractivity contribution in [3.8, 4) is 17.2 Å². The maximum Gasteiger partial charge on any atom is 0.204 e. The van der Waals surface area contributed by atoms with Crippen LogP contribution in [-0.2, 0) is 11.4 Å². The number of benzene rings is 1. The minimum atomic E-state index is -2.62. The van der Waals surface area contributed by atoms with Crippen LogP contribution in [-0.4, -0.2) is 23.0 Å². The van der Waals surface area contributed by atoms with E-state index in [4.69, 9.17) is 9.47 Å². The van der Waals surface area contributed by atoms with Crippen LogP contribution in [0.3, 0.4) is 0 Å². The van der Waals surface area contributed by atoms with Gasteiger partial charge in [-0.15, -0.1) is 0 Å². The Morgan fingerprint density at radius 3 is 2.36 bits per heavy atom. The molecule has 1 unspecified atom stereocenters. The monoisotopic (exact) mass is 217 g/mol. The number of rotatable bonds is 4. The van der Waals surface area contributed by atoms with E-state index in [2.05, 4.69) is 4.18 Å². The molecule has 5 nitrogen and oxygen atoms in total. The van der Waals surface area contributed by atoms with E-state index < -0.39 is 11.4 Å². The number of hydrogen-bond acceptors (Lipinski definition) is 5.